The summed E-state index contributed by atoms with van der Waals surface area (Å²) in [6.07, 6.45) is 0.487. The zero-order valence-corrected chi connectivity index (χ0v) is 12.2. The number of rotatable bonds is 5. The molecule has 0 saturated carbocycles. The monoisotopic (exact) mass is 321 g/mol. The van der Waals surface area contributed by atoms with E-state index in [2.05, 4.69) is 10.1 Å². The number of imide groups is 1. The molecule has 1 saturated heterocycles. The quantitative estimate of drug-likeness (QED) is 0.782. The number of hydrogen-bond acceptors (Lipinski definition) is 6. The van der Waals surface area contributed by atoms with Crippen LogP contribution >= 0.6 is 11.6 Å². The Labute approximate surface area is 130 Å². The number of carbonyl (C=O) groups excluding carboxylic acids is 2. The second kappa shape index (κ2) is 6.15. The lowest BCUT2D eigenvalue weighted by molar-refractivity contribution is -0.138. The third-order valence-electron chi connectivity index (χ3n) is 3.22. The third-order valence-corrected chi connectivity index (χ3v) is 3.55. The molecule has 8 heteroatoms. The zero-order chi connectivity index (χ0) is 15.5. The summed E-state index contributed by atoms with van der Waals surface area (Å²) < 4.78 is 10.2. The first kappa shape index (κ1) is 14.5. The molecule has 2 heterocycles. The Hall–Kier alpha value is -2.41. The number of amides is 2. The van der Waals surface area contributed by atoms with Crippen molar-refractivity contribution in [3.05, 3.63) is 29.3 Å². The van der Waals surface area contributed by atoms with Crippen molar-refractivity contribution in [3.8, 4) is 17.5 Å². The molecule has 22 heavy (non-hydrogen) atoms. The summed E-state index contributed by atoms with van der Waals surface area (Å²) in [6, 6.07) is 7.09. The van der Waals surface area contributed by atoms with E-state index in [9.17, 15) is 9.59 Å². The van der Waals surface area contributed by atoms with Gasteiger partial charge < -0.3 is 4.74 Å². The highest BCUT2D eigenvalue weighted by Gasteiger charge is 2.28. The van der Waals surface area contributed by atoms with E-state index in [1.165, 1.54) is 4.90 Å². The van der Waals surface area contributed by atoms with E-state index in [4.69, 9.17) is 20.9 Å². The lowest BCUT2D eigenvalue weighted by Gasteiger charge is -2.12. The molecule has 2 amide bonds. The molecular formula is C14H12ClN3O4. The maximum atomic E-state index is 11.4. The Morgan fingerprint density at radius 2 is 1.95 bits per heavy atom. The van der Waals surface area contributed by atoms with Gasteiger partial charge in [-0.05, 0) is 12.1 Å². The summed E-state index contributed by atoms with van der Waals surface area (Å²) in [6.45, 7) is 0.267. The van der Waals surface area contributed by atoms with E-state index in [-0.39, 0.29) is 43.9 Å². The van der Waals surface area contributed by atoms with Gasteiger partial charge in [-0.2, -0.15) is 4.98 Å². The van der Waals surface area contributed by atoms with Gasteiger partial charge in [0.25, 0.3) is 0 Å². The lowest BCUT2D eigenvalue weighted by Crippen LogP contribution is -2.33. The highest BCUT2D eigenvalue weighted by atomic mass is 35.5. The number of carbonyl (C=O) groups is 2. The zero-order valence-electron chi connectivity index (χ0n) is 11.5. The minimum absolute atomic E-state index is 0.0333. The number of nitrogens with zero attached hydrogens (tertiary/aromatic N) is 3. The van der Waals surface area contributed by atoms with E-state index in [0.29, 0.717) is 16.4 Å². The van der Waals surface area contributed by atoms with Crippen LogP contribution in [-0.2, 0) is 9.59 Å². The predicted molar refractivity (Wildman–Crippen MR) is 76.2 cm³/mol. The first-order valence-electron chi connectivity index (χ1n) is 6.70. The third kappa shape index (κ3) is 2.94. The molecule has 1 aromatic heterocycles. The fraction of sp³-hybridized carbons (Fsp3) is 0.286. The Kier molecular flexibility index (Phi) is 4.06. The van der Waals surface area contributed by atoms with Gasteiger partial charge in [-0.15, -0.1) is 0 Å². The first-order chi connectivity index (χ1) is 10.6. The molecule has 0 radical (unpaired) electrons. The van der Waals surface area contributed by atoms with E-state index in [0.717, 1.165) is 0 Å². The summed E-state index contributed by atoms with van der Waals surface area (Å²) in [7, 11) is 0. The number of benzene rings is 1. The van der Waals surface area contributed by atoms with Crippen LogP contribution in [0.25, 0.3) is 11.4 Å². The average molecular weight is 322 g/mol. The number of hydrogen-bond donors (Lipinski definition) is 0. The van der Waals surface area contributed by atoms with Crippen molar-refractivity contribution in [3.63, 3.8) is 0 Å². The van der Waals surface area contributed by atoms with Gasteiger partial charge >= 0.3 is 6.08 Å². The van der Waals surface area contributed by atoms with Crippen molar-refractivity contribution in [2.24, 2.45) is 0 Å². The first-order valence-corrected chi connectivity index (χ1v) is 7.07. The molecule has 1 aliphatic rings. The van der Waals surface area contributed by atoms with Crippen LogP contribution in [0.2, 0.25) is 5.02 Å². The van der Waals surface area contributed by atoms with Gasteiger partial charge in [0.05, 0.1) is 11.6 Å². The second-order valence-corrected chi connectivity index (χ2v) is 5.06. The van der Waals surface area contributed by atoms with Crippen molar-refractivity contribution < 1.29 is 18.8 Å². The van der Waals surface area contributed by atoms with Gasteiger partial charge in [-0.1, -0.05) is 28.9 Å². The summed E-state index contributed by atoms with van der Waals surface area (Å²) in [4.78, 5) is 28.1. The summed E-state index contributed by atoms with van der Waals surface area (Å²) in [5.41, 5.74) is 0.632. The molecule has 0 atom stereocenters. The molecule has 1 aromatic carbocycles. The van der Waals surface area contributed by atoms with E-state index in [1.54, 1.807) is 18.2 Å². The minimum atomic E-state index is -0.184. The Morgan fingerprint density at radius 3 is 2.68 bits per heavy atom. The molecule has 0 N–H and O–H groups in total. The van der Waals surface area contributed by atoms with Gasteiger partial charge in [0.2, 0.25) is 17.6 Å². The fourth-order valence-electron chi connectivity index (χ4n) is 2.12. The van der Waals surface area contributed by atoms with Crippen LogP contribution in [0.15, 0.2) is 28.8 Å². The molecule has 114 valence electrons. The van der Waals surface area contributed by atoms with Crippen LogP contribution in [-0.4, -0.2) is 40.0 Å². The predicted octanol–water partition coefficient (Wildman–Crippen LogP) is 1.92. The normalized spacial score (nSPS) is 14.7. The van der Waals surface area contributed by atoms with Gasteiger partial charge in [-0.3, -0.25) is 19.0 Å². The summed E-state index contributed by atoms with van der Waals surface area (Å²) in [5.74, 6) is -0.0549. The van der Waals surface area contributed by atoms with Crippen LogP contribution in [0.5, 0.6) is 6.08 Å². The number of likely N-dealkylation sites (tertiary alicyclic amines) is 1. The molecule has 0 bridgehead atoms. The topological polar surface area (TPSA) is 85.5 Å². The van der Waals surface area contributed by atoms with Crippen molar-refractivity contribution >= 4 is 23.4 Å². The molecule has 0 unspecified atom stereocenters. The highest BCUT2D eigenvalue weighted by molar-refractivity contribution is 6.33. The highest BCUT2D eigenvalue weighted by Crippen LogP contribution is 2.26. The average Bonchev–Trinajstić information content (AvgIpc) is 3.09. The molecule has 7 nitrogen and oxygen atoms in total. The molecule has 1 aliphatic heterocycles. The van der Waals surface area contributed by atoms with Crippen molar-refractivity contribution in [2.45, 2.75) is 12.8 Å². The van der Waals surface area contributed by atoms with Gasteiger partial charge in [0.1, 0.15) is 6.61 Å². The molecule has 1 fully saturated rings. The summed E-state index contributed by atoms with van der Waals surface area (Å²) in [5, 5.41) is 4.29. The van der Waals surface area contributed by atoms with Crippen LogP contribution in [0.4, 0.5) is 0 Å². The Morgan fingerprint density at radius 1 is 1.23 bits per heavy atom. The number of aromatic nitrogens is 2. The van der Waals surface area contributed by atoms with Crippen LogP contribution in [0.1, 0.15) is 12.8 Å². The van der Waals surface area contributed by atoms with Gasteiger partial charge in [0, 0.05) is 18.4 Å². The molecule has 3 rings (SSSR count). The Balaban J connectivity index is 1.60. The number of ether oxygens (including phenoxy) is 1. The van der Waals surface area contributed by atoms with Crippen molar-refractivity contribution in [2.75, 3.05) is 13.2 Å². The molecule has 2 aromatic rings. The largest absolute Gasteiger partial charge is 0.447 e. The maximum Gasteiger partial charge on any atom is 0.417 e. The Bertz CT molecular complexity index is 700. The van der Waals surface area contributed by atoms with Crippen molar-refractivity contribution in [1.82, 2.24) is 15.0 Å². The van der Waals surface area contributed by atoms with Gasteiger partial charge in [-0.25, -0.2) is 0 Å². The van der Waals surface area contributed by atoms with Crippen LogP contribution in [0.3, 0.4) is 0 Å². The van der Waals surface area contributed by atoms with E-state index in [1.807, 2.05) is 6.07 Å². The van der Waals surface area contributed by atoms with Crippen LogP contribution < -0.4 is 4.74 Å². The second-order valence-electron chi connectivity index (χ2n) is 4.65. The van der Waals surface area contributed by atoms with Crippen molar-refractivity contribution in [1.29, 1.82) is 0 Å². The summed E-state index contributed by atoms with van der Waals surface area (Å²) >= 11 is 6.05. The standard InChI is InChI=1S/C14H12ClN3O4/c15-10-4-2-1-3-9(10)13-16-14(22-17-13)21-8-7-18-11(19)5-6-12(18)20/h1-4H,5-8H2. The smallest absolute Gasteiger partial charge is 0.417 e. The lowest BCUT2D eigenvalue weighted by atomic mass is 10.2. The maximum absolute atomic E-state index is 11.4. The number of halogens is 1. The fourth-order valence-corrected chi connectivity index (χ4v) is 2.34. The molecule has 0 spiro atoms. The van der Waals surface area contributed by atoms with Crippen LogP contribution in [0, 0.1) is 0 Å². The van der Waals surface area contributed by atoms with E-state index < -0.39 is 0 Å². The van der Waals surface area contributed by atoms with E-state index >= 15 is 0 Å². The molecular weight excluding hydrogens is 310 g/mol. The molecule has 0 aliphatic carbocycles. The minimum Gasteiger partial charge on any atom is -0.447 e. The van der Waals surface area contributed by atoms with Gasteiger partial charge in [0.15, 0.2) is 0 Å². The SMILES string of the molecule is O=C1CCC(=O)N1CCOc1nc(-c2ccccc2Cl)no1.